The lowest BCUT2D eigenvalue weighted by atomic mass is 9.69. The molecule has 0 spiro atoms. The first-order valence-electron chi connectivity index (χ1n) is 8.46. The fourth-order valence-electron chi connectivity index (χ4n) is 3.94. The van der Waals surface area contributed by atoms with Crippen molar-refractivity contribution < 1.29 is 5.11 Å². The van der Waals surface area contributed by atoms with E-state index >= 15 is 0 Å². The normalized spacial score (nSPS) is 36.7. The minimum atomic E-state index is -0.682. The fourth-order valence-corrected chi connectivity index (χ4v) is 3.94. The molecule has 0 heterocycles. The van der Waals surface area contributed by atoms with Gasteiger partial charge in [0.25, 0.3) is 0 Å². The van der Waals surface area contributed by atoms with E-state index in [1.807, 2.05) is 13.8 Å². The first-order valence-corrected chi connectivity index (χ1v) is 8.46. The van der Waals surface area contributed by atoms with Crippen LogP contribution in [-0.2, 0) is 0 Å². The molecule has 0 amide bonds. The van der Waals surface area contributed by atoms with Crippen molar-refractivity contribution in [2.75, 3.05) is 0 Å². The lowest BCUT2D eigenvalue weighted by Crippen LogP contribution is -2.32. The minimum Gasteiger partial charge on any atom is -0.386 e. The summed E-state index contributed by atoms with van der Waals surface area (Å²) in [5, 5.41) is 10.5. The third kappa shape index (κ3) is 3.88. The molecule has 21 heavy (non-hydrogen) atoms. The summed E-state index contributed by atoms with van der Waals surface area (Å²) in [6.45, 7) is 10.8. The molecule has 0 aromatic carbocycles. The van der Waals surface area contributed by atoms with E-state index in [0.717, 1.165) is 19.3 Å². The molecule has 2 rings (SSSR count). The molecule has 0 aromatic rings. The molecule has 1 nitrogen and oxygen atoms in total. The van der Waals surface area contributed by atoms with Crippen LogP contribution in [0.5, 0.6) is 0 Å². The van der Waals surface area contributed by atoms with Gasteiger partial charge in [0.15, 0.2) is 0 Å². The van der Waals surface area contributed by atoms with Gasteiger partial charge in [-0.25, -0.2) is 0 Å². The largest absolute Gasteiger partial charge is 0.386 e. The fraction of sp³-hybridized carbons (Fsp3) is 0.700. The lowest BCUT2D eigenvalue weighted by molar-refractivity contribution is 0.0918. The van der Waals surface area contributed by atoms with Gasteiger partial charge in [0.05, 0.1) is 5.60 Å². The van der Waals surface area contributed by atoms with Crippen molar-refractivity contribution in [2.24, 2.45) is 11.3 Å². The van der Waals surface area contributed by atoms with E-state index < -0.39 is 5.60 Å². The first-order chi connectivity index (χ1) is 9.72. The molecule has 0 unspecified atom stereocenters. The monoisotopic (exact) mass is 288 g/mol. The summed E-state index contributed by atoms with van der Waals surface area (Å²) >= 11 is 0. The van der Waals surface area contributed by atoms with Crippen LogP contribution >= 0.6 is 0 Å². The molecule has 0 aliphatic heterocycles. The van der Waals surface area contributed by atoms with Gasteiger partial charge in [-0.15, -0.1) is 0 Å². The second kappa shape index (κ2) is 6.12. The number of rotatable bonds is 1. The summed E-state index contributed by atoms with van der Waals surface area (Å²) in [5.41, 5.74) is 3.88. The van der Waals surface area contributed by atoms with E-state index in [1.54, 1.807) is 0 Å². The maximum atomic E-state index is 10.5. The van der Waals surface area contributed by atoms with E-state index in [2.05, 4.69) is 39.0 Å². The van der Waals surface area contributed by atoms with Crippen LogP contribution in [-0.4, -0.2) is 10.7 Å². The number of fused-ring (bicyclic) bond motifs is 1. The Bertz CT molecular complexity index is 473. The number of aliphatic hydroxyl groups is 1. The highest BCUT2D eigenvalue weighted by Gasteiger charge is 2.43. The molecule has 118 valence electrons. The van der Waals surface area contributed by atoms with Crippen LogP contribution in [0.1, 0.15) is 73.1 Å². The number of hydrogen-bond acceptors (Lipinski definition) is 1. The van der Waals surface area contributed by atoms with E-state index in [9.17, 15) is 5.11 Å². The van der Waals surface area contributed by atoms with Crippen LogP contribution in [0.2, 0.25) is 0 Å². The van der Waals surface area contributed by atoms with Crippen LogP contribution < -0.4 is 0 Å². The molecule has 1 heteroatoms. The van der Waals surface area contributed by atoms with Crippen molar-refractivity contribution in [1.29, 1.82) is 0 Å². The van der Waals surface area contributed by atoms with E-state index in [0.29, 0.717) is 5.92 Å². The molecule has 1 N–H and O–H groups in total. The average molecular weight is 288 g/mol. The Morgan fingerprint density at radius 1 is 1.05 bits per heavy atom. The second-order valence-electron chi connectivity index (χ2n) is 8.01. The summed E-state index contributed by atoms with van der Waals surface area (Å²) in [6, 6.07) is 0. The third-order valence-electron chi connectivity index (χ3n) is 5.49. The maximum absolute atomic E-state index is 10.5. The summed E-state index contributed by atoms with van der Waals surface area (Å²) in [6.07, 6.45) is 14.1. The molecular formula is C20H32O. The summed E-state index contributed by atoms with van der Waals surface area (Å²) in [4.78, 5) is 0. The molecule has 2 aliphatic carbocycles. The topological polar surface area (TPSA) is 20.2 Å². The SMILES string of the molecule is C/C1=C/C[C@@]2(C)CC=C(C(C)(C)O)[C@@H]2CC/C(C)=C\CC1. The Balaban J connectivity index is 2.31. The molecule has 0 bridgehead atoms. The minimum absolute atomic E-state index is 0.279. The van der Waals surface area contributed by atoms with Gasteiger partial charge in [-0.05, 0) is 83.1 Å². The smallest absolute Gasteiger partial charge is 0.0803 e. The molecule has 0 fully saturated rings. The highest BCUT2D eigenvalue weighted by Crippen LogP contribution is 2.51. The molecule has 0 saturated heterocycles. The Hall–Kier alpha value is -0.820. The zero-order chi connectivity index (χ0) is 15.7. The van der Waals surface area contributed by atoms with Crippen LogP contribution in [0.25, 0.3) is 0 Å². The van der Waals surface area contributed by atoms with Crippen LogP contribution in [0.3, 0.4) is 0 Å². The van der Waals surface area contributed by atoms with Crippen LogP contribution in [0.15, 0.2) is 34.9 Å². The Morgan fingerprint density at radius 2 is 1.67 bits per heavy atom. The van der Waals surface area contributed by atoms with Crippen molar-refractivity contribution >= 4 is 0 Å². The third-order valence-corrected chi connectivity index (χ3v) is 5.49. The van der Waals surface area contributed by atoms with Gasteiger partial charge in [-0.3, -0.25) is 0 Å². The zero-order valence-corrected chi connectivity index (χ0v) is 14.5. The van der Waals surface area contributed by atoms with Gasteiger partial charge < -0.3 is 5.11 Å². The van der Waals surface area contributed by atoms with Gasteiger partial charge in [-0.1, -0.05) is 36.3 Å². The second-order valence-corrected chi connectivity index (χ2v) is 8.01. The molecule has 0 aromatic heterocycles. The van der Waals surface area contributed by atoms with E-state index in [-0.39, 0.29) is 5.41 Å². The number of hydrogen-bond donors (Lipinski definition) is 1. The summed E-state index contributed by atoms with van der Waals surface area (Å²) < 4.78 is 0. The van der Waals surface area contributed by atoms with Crippen molar-refractivity contribution in [3.63, 3.8) is 0 Å². The van der Waals surface area contributed by atoms with Gasteiger partial charge >= 0.3 is 0 Å². The van der Waals surface area contributed by atoms with Crippen LogP contribution in [0, 0.1) is 11.3 Å². The molecule has 0 radical (unpaired) electrons. The predicted molar refractivity (Wildman–Crippen MR) is 91.2 cm³/mol. The molecule has 2 atom stereocenters. The van der Waals surface area contributed by atoms with Gasteiger partial charge in [0.1, 0.15) is 0 Å². The van der Waals surface area contributed by atoms with Gasteiger partial charge in [0.2, 0.25) is 0 Å². The Morgan fingerprint density at radius 3 is 2.33 bits per heavy atom. The van der Waals surface area contributed by atoms with Crippen molar-refractivity contribution in [3.8, 4) is 0 Å². The van der Waals surface area contributed by atoms with E-state index in [1.165, 1.54) is 36.0 Å². The molecule has 0 saturated carbocycles. The van der Waals surface area contributed by atoms with Crippen molar-refractivity contribution in [3.05, 3.63) is 34.9 Å². The highest BCUT2D eigenvalue weighted by atomic mass is 16.3. The Kier molecular flexibility index (Phi) is 4.82. The summed E-state index contributed by atoms with van der Waals surface area (Å²) in [5.74, 6) is 0.503. The lowest BCUT2D eigenvalue weighted by Gasteiger charge is -2.36. The number of allylic oxidation sites excluding steroid dienone is 5. The average Bonchev–Trinajstić information content (AvgIpc) is 2.70. The zero-order valence-electron chi connectivity index (χ0n) is 14.5. The van der Waals surface area contributed by atoms with Crippen LogP contribution in [0.4, 0.5) is 0 Å². The molecule has 2 aliphatic rings. The summed E-state index contributed by atoms with van der Waals surface area (Å²) in [7, 11) is 0. The predicted octanol–water partition coefficient (Wildman–Crippen LogP) is 5.57. The molecular weight excluding hydrogens is 256 g/mol. The van der Waals surface area contributed by atoms with Crippen molar-refractivity contribution in [1.82, 2.24) is 0 Å². The standard InChI is InChI=1S/C20H32O/c1-15-7-6-8-16(2)11-13-20(5)14-12-17(19(3,4)21)18(20)10-9-15/h7,11-12,18,21H,6,8-10,13-14H2,1-5H3/b15-7-,16-11-/t18-,20-/m0/s1. The van der Waals surface area contributed by atoms with Gasteiger partial charge in [0, 0.05) is 0 Å². The first kappa shape index (κ1) is 16.5. The van der Waals surface area contributed by atoms with E-state index in [4.69, 9.17) is 0 Å². The highest BCUT2D eigenvalue weighted by molar-refractivity contribution is 5.28. The van der Waals surface area contributed by atoms with Crippen molar-refractivity contribution in [2.45, 2.75) is 78.7 Å². The Labute approximate surface area is 130 Å². The van der Waals surface area contributed by atoms with Gasteiger partial charge in [-0.2, -0.15) is 0 Å². The quantitative estimate of drug-likeness (QED) is 0.626. The maximum Gasteiger partial charge on any atom is 0.0803 e.